The van der Waals surface area contributed by atoms with Crippen LogP contribution < -0.4 is 16.8 Å². The van der Waals surface area contributed by atoms with Crippen molar-refractivity contribution in [3.05, 3.63) is 0 Å². The van der Waals surface area contributed by atoms with Gasteiger partial charge in [-0.05, 0) is 24.8 Å². The lowest BCUT2D eigenvalue weighted by atomic mass is 9.98. The summed E-state index contributed by atoms with van der Waals surface area (Å²) in [7, 11) is 0. The molecule has 0 aliphatic heterocycles. The van der Waals surface area contributed by atoms with Crippen molar-refractivity contribution in [3.8, 4) is 0 Å². The minimum absolute atomic E-state index is 0.433. The maximum atomic E-state index is 10.6. The Morgan fingerprint density at radius 2 is 2.29 bits per heavy atom. The summed E-state index contributed by atoms with van der Waals surface area (Å²) in [6, 6.07) is -0.549. The van der Waals surface area contributed by atoms with Crippen molar-refractivity contribution in [2.75, 3.05) is 13.1 Å². The van der Waals surface area contributed by atoms with Crippen LogP contribution in [-0.2, 0) is 4.79 Å². The Morgan fingerprint density at radius 3 is 2.79 bits per heavy atom. The minimum Gasteiger partial charge on any atom is -0.368 e. The van der Waals surface area contributed by atoms with Crippen LogP contribution in [0.2, 0.25) is 0 Å². The molecule has 0 saturated heterocycles. The lowest BCUT2D eigenvalue weighted by Gasteiger charge is -2.17. The van der Waals surface area contributed by atoms with Gasteiger partial charge in [0.05, 0.1) is 6.04 Å². The molecule has 14 heavy (non-hydrogen) atoms. The molecule has 3 unspecified atom stereocenters. The van der Waals surface area contributed by atoms with Gasteiger partial charge in [-0.15, -0.1) is 0 Å². The highest BCUT2D eigenvalue weighted by atomic mass is 16.1. The second-order valence-corrected chi connectivity index (χ2v) is 4.34. The summed E-state index contributed by atoms with van der Waals surface area (Å²) in [4.78, 5) is 10.6. The third-order valence-corrected chi connectivity index (χ3v) is 3.18. The Balaban J connectivity index is 2.11. The topological polar surface area (TPSA) is 81.1 Å². The van der Waals surface area contributed by atoms with E-state index in [1.165, 1.54) is 19.3 Å². The number of primary amides is 1. The van der Waals surface area contributed by atoms with Gasteiger partial charge >= 0.3 is 0 Å². The normalized spacial score (nSPS) is 29.0. The molecule has 0 aromatic carbocycles. The van der Waals surface area contributed by atoms with Gasteiger partial charge in [0, 0.05) is 6.54 Å². The molecular weight excluding hydrogens is 178 g/mol. The first-order chi connectivity index (χ1) is 6.61. The van der Waals surface area contributed by atoms with Crippen LogP contribution in [0.15, 0.2) is 0 Å². The van der Waals surface area contributed by atoms with Crippen molar-refractivity contribution in [3.63, 3.8) is 0 Å². The van der Waals surface area contributed by atoms with E-state index in [2.05, 4.69) is 12.2 Å². The second kappa shape index (κ2) is 5.32. The van der Waals surface area contributed by atoms with E-state index >= 15 is 0 Å². The van der Waals surface area contributed by atoms with Gasteiger partial charge in [0.2, 0.25) is 5.91 Å². The van der Waals surface area contributed by atoms with Crippen LogP contribution in [0.1, 0.15) is 26.2 Å². The Kier molecular flexibility index (Phi) is 4.35. The molecule has 0 aromatic heterocycles. The highest BCUT2D eigenvalue weighted by molar-refractivity contribution is 5.79. The molecular formula is C10H21N3O. The Hall–Kier alpha value is -0.610. The molecule has 1 fully saturated rings. The Bertz CT molecular complexity index is 196. The minimum atomic E-state index is -0.549. The van der Waals surface area contributed by atoms with Gasteiger partial charge in [-0.1, -0.05) is 19.8 Å². The summed E-state index contributed by atoms with van der Waals surface area (Å²) in [6.07, 6.45) is 3.95. The van der Waals surface area contributed by atoms with Gasteiger partial charge in [-0.2, -0.15) is 0 Å². The van der Waals surface area contributed by atoms with Crippen LogP contribution >= 0.6 is 0 Å². The zero-order chi connectivity index (χ0) is 10.6. The average Bonchev–Trinajstić information content (AvgIpc) is 2.51. The number of hydrogen-bond acceptors (Lipinski definition) is 3. The molecule has 0 aromatic rings. The summed E-state index contributed by atoms with van der Waals surface area (Å²) < 4.78 is 0. The van der Waals surface area contributed by atoms with E-state index in [0.717, 1.165) is 18.4 Å². The quantitative estimate of drug-likeness (QED) is 0.575. The number of carbonyl (C=O) groups excluding carboxylic acids is 1. The lowest BCUT2D eigenvalue weighted by molar-refractivity contribution is -0.119. The predicted octanol–water partition coefficient (Wildman–Crippen LogP) is -0.175. The molecule has 1 saturated carbocycles. The van der Waals surface area contributed by atoms with Gasteiger partial charge in [0.1, 0.15) is 0 Å². The maximum Gasteiger partial charge on any atom is 0.235 e. The van der Waals surface area contributed by atoms with E-state index in [-0.39, 0.29) is 0 Å². The maximum absolute atomic E-state index is 10.6. The SMILES string of the molecule is CC1CCCC1CNCC(N)C(N)=O. The van der Waals surface area contributed by atoms with Gasteiger partial charge < -0.3 is 16.8 Å². The summed E-state index contributed by atoms with van der Waals surface area (Å²) >= 11 is 0. The average molecular weight is 199 g/mol. The van der Waals surface area contributed by atoms with Crippen molar-refractivity contribution < 1.29 is 4.79 Å². The smallest absolute Gasteiger partial charge is 0.235 e. The summed E-state index contributed by atoms with van der Waals surface area (Å²) in [5.74, 6) is 1.11. The molecule has 1 amide bonds. The standard InChI is InChI=1S/C10H21N3O/c1-7-3-2-4-8(7)5-13-6-9(11)10(12)14/h7-9,13H,2-6,11H2,1H3,(H2,12,14). The second-order valence-electron chi connectivity index (χ2n) is 4.34. The molecule has 82 valence electrons. The fraction of sp³-hybridized carbons (Fsp3) is 0.900. The molecule has 1 aliphatic carbocycles. The highest BCUT2D eigenvalue weighted by Crippen LogP contribution is 2.30. The predicted molar refractivity (Wildman–Crippen MR) is 56.5 cm³/mol. The van der Waals surface area contributed by atoms with E-state index in [4.69, 9.17) is 11.5 Å². The van der Waals surface area contributed by atoms with Gasteiger partial charge in [0.15, 0.2) is 0 Å². The molecule has 4 nitrogen and oxygen atoms in total. The van der Waals surface area contributed by atoms with Crippen molar-refractivity contribution in [1.29, 1.82) is 0 Å². The van der Waals surface area contributed by atoms with Crippen LogP contribution in [0, 0.1) is 11.8 Å². The third kappa shape index (κ3) is 3.27. The Morgan fingerprint density at radius 1 is 1.57 bits per heavy atom. The van der Waals surface area contributed by atoms with E-state index in [1.807, 2.05) is 0 Å². The number of nitrogens with one attached hydrogen (secondary N) is 1. The van der Waals surface area contributed by atoms with E-state index in [0.29, 0.717) is 6.54 Å². The molecule has 1 aliphatic rings. The zero-order valence-electron chi connectivity index (χ0n) is 8.83. The fourth-order valence-electron chi connectivity index (χ4n) is 2.05. The number of amides is 1. The van der Waals surface area contributed by atoms with E-state index < -0.39 is 11.9 Å². The molecule has 0 bridgehead atoms. The van der Waals surface area contributed by atoms with Crippen molar-refractivity contribution in [1.82, 2.24) is 5.32 Å². The van der Waals surface area contributed by atoms with Crippen LogP contribution in [0.4, 0.5) is 0 Å². The number of hydrogen-bond donors (Lipinski definition) is 3. The molecule has 0 spiro atoms. The Labute approximate surface area is 85.4 Å². The summed E-state index contributed by atoms with van der Waals surface area (Å²) in [5.41, 5.74) is 10.6. The number of nitrogens with two attached hydrogens (primary N) is 2. The van der Waals surface area contributed by atoms with Crippen LogP contribution in [0.25, 0.3) is 0 Å². The number of rotatable bonds is 5. The van der Waals surface area contributed by atoms with Crippen LogP contribution in [0.5, 0.6) is 0 Å². The van der Waals surface area contributed by atoms with E-state index in [9.17, 15) is 4.79 Å². The van der Waals surface area contributed by atoms with Gasteiger partial charge in [0.25, 0.3) is 0 Å². The molecule has 1 rings (SSSR count). The van der Waals surface area contributed by atoms with Crippen molar-refractivity contribution in [2.45, 2.75) is 32.2 Å². The summed E-state index contributed by atoms with van der Waals surface area (Å²) in [5, 5.41) is 3.21. The first kappa shape index (κ1) is 11.5. The third-order valence-electron chi connectivity index (χ3n) is 3.18. The lowest BCUT2D eigenvalue weighted by Crippen LogP contribution is -2.45. The first-order valence-electron chi connectivity index (χ1n) is 5.37. The molecule has 3 atom stereocenters. The van der Waals surface area contributed by atoms with Gasteiger partial charge in [-0.25, -0.2) is 0 Å². The zero-order valence-corrected chi connectivity index (χ0v) is 8.83. The van der Waals surface area contributed by atoms with Gasteiger partial charge in [-0.3, -0.25) is 4.79 Å². The molecule has 4 heteroatoms. The molecule has 5 N–H and O–H groups in total. The molecule has 0 radical (unpaired) electrons. The van der Waals surface area contributed by atoms with E-state index in [1.54, 1.807) is 0 Å². The molecule has 0 heterocycles. The van der Waals surface area contributed by atoms with Crippen LogP contribution in [0.3, 0.4) is 0 Å². The van der Waals surface area contributed by atoms with Crippen molar-refractivity contribution >= 4 is 5.91 Å². The summed E-state index contributed by atoms with van der Waals surface area (Å²) in [6.45, 7) is 3.74. The highest BCUT2D eigenvalue weighted by Gasteiger charge is 2.22. The largest absolute Gasteiger partial charge is 0.368 e. The monoisotopic (exact) mass is 199 g/mol. The van der Waals surface area contributed by atoms with Crippen molar-refractivity contribution in [2.24, 2.45) is 23.3 Å². The fourth-order valence-corrected chi connectivity index (χ4v) is 2.05. The number of carbonyl (C=O) groups is 1. The first-order valence-corrected chi connectivity index (χ1v) is 5.37. The van der Waals surface area contributed by atoms with Crippen LogP contribution in [-0.4, -0.2) is 25.0 Å².